The van der Waals surface area contributed by atoms with E-state index in [-0.39, 0.29) is 11.2 Å². The molecule has 0 aliphatic heterocycles. The number of rotatable bonds is 1. The summed E-state index contributed by atoms with van der Waals surface area (Å²) < 4.78 is 0. The Bertz CT molecular complexity index is 613. The smallest absolute Gasteiger partial charge is 0.164 e. The van der Waals surface area contributed by atoms with Crippen molar-refractivity contribution in [3.63, 3.8) is 0 Å². The van der Waals surface area contributed by atoms with Crippen molar-refractivity contribution in [3.8, 4) is 0 Å². The van der Waals surface area contributed by atoms with Crippen LogP contribution < -0.4 is 0 Å². The normalized spacial score (nSPS) is 22.0. The van der Waals surface area contributed by atoms with E-state index in [1.807, 2.05) is 30.3 Å². The lowest BCUT2D eigenvalue weighted by atomic mass is 9.77. The molecule has 18 heavy (non-hydrogen) atoms. The zero-order chi connectivity index (χ0) is 12.8. The summed E-state index contributed by atoms with van der Waals surface area (Å²) in [5, 5.41) is 0. The van der Waals surface area contributed by atoms with Gasteiger partial charge in [-0.05, 0) is 18.1 Å². The molecule has 3 rings (SSSR count). The van der Waals surface area contributed by atoms with E-state index in [0.717, 1.165) is 5.56 Å². The Kier molecular flexibility index (Phi) is 2.37. The first-order chi connectivity index (χ1) is 8.61. The van der Waals surface area contributed by atoms with Gasteiger partial charge in [0, 0.05) is 17.4 Å². The van der Waals surface area contributed by atoms with Gasteiger partial charge < -0.3 is 0 Å². The zero-order valence-corrected chi connectivity index (χ0v) is 10.7. The third kappa shape index (κ3) is 1.51. The van der Waals surface area contributed by atoms with Crippen molar-refractivity contribution in [2.24, 2.45) is 0 Å². The summed E-state index contributed by atoms with van der Waals surface area (Å²) in [4.78, 5) is 12.2. The fourth-order valence-corrected chi connectivity index (χ4v) is 2.93. The van der Waals surface area contributed by atoms with Crippen molar-refractivity contribution in [2.75, 3.05) is 0 Å². The van der Waals surface area contributed by atoms with Crippen LogP contribution in [-0.4, -0.2) is 5.78 Å². The molecule has 1 aliphatic rings. The van der Waals surface area contributed by atoms with Gasteiger partial charge in [0.25, 0.3) is 0 Å². The summed E-state index contributed by atoms with van der Waals surface area (Å²) in [6.45, 7) is 4.25. The number of carbonyl (C=O) groups is 1. The molecule has 0 fully saturated rings. The quantitative estimate of drug-likeness (QED) is 0.734. The van der Waals surface area contributed by atoms with Gasteiger partial charge in [-0.3, -0.25) is 4.79 Å². The van der Waals surface area contributed by atoms with Crippen LogP contribution in [0.1, 0.15) is 40.4 Å². The molecule has 1 nitrogen and oxygen atoms in total. The van der Waals surface area contributed by atoms with Gasteiger partial charge in [-0.15, -0.1) is 0 Å². The van der Waals surface area contributed by atoms with E-state index in [0.29, 0.717) is 6.42 Å². The molecular formula is C17H16O. The van der Waals surface area contributed by atoms with Gasteiger partial charge in [-0.25, -0.2) is 0 Å². The molecule has 1 aliphatic carbocycles. The number of Topliss-reactive ketones (excluding diaryl/α,β-unsaturated/α-hetero) is 1. The van der Waals surface area contributed by atoms with E-state index >= 15 is 0 Å². The van der Waals surface area contributed by atoms with Crippen molar-refractivity contribution in [1.29, 1.82) is 0 Å². The Morgan fingerprint density at radius 1 is 1.06 bits per heavy atom. The molecular weight excluding hydrogens is 220 g/mol. The first-order valence-corrected chi connectivity index (χ1v) is 6.31. The van der Waals surface area contributed by atoms with E-state index in [9.17, 15) is 4.79 Å². The Morgan fingerprint density at radius 2 is 1.78 bits per heavy atom. The van der Waals surface area contributed by atoms with Crippen molar-refractivity contribution in [3.05, 3.63) is 70.8 Å². The molecule has 0 amide bonds. The highest BCUT2D eigenvalue weighted by molar-refractivity contribution is 6.03. The number of carbonyl (C=O) groups excluding carboxylic acids is 1. The second-order valence-electron chi connectivity index (χ2n) is 5.35. The fraction of sp³-hybridized carbons (Fsp3) is 0.235. The Morgan fingerprint density at radius 3 is 2.50 bits per heavy atom. The van der Waals surface area contributed by atoms with Crippen LogP contribution in [0.4, 0.5) is 0 Å². The number of aryl methyl sites for hydroxylation is 1. The van der Waals surface area contributed by atoms with Gasteiger partial charge in [0.05, 0.1) is 0 Å². The maximum atomic E-state index is 12.2. The summed E-state index contributed by atoms with van der Waals surface area (Å²) in [6, 6.07) is 16.5. The van der Waals surface area contributed by atoms with Crippen LogP contribution in [-0.2, 0) is 5.41 Å². The van der Waals surface area contributed by atoms with E-state index in [2.05, 4.69) is 32.0 Å². The lowest BCUT2D eigenvalue weighted by molar-refractivity contribution is 0.0982. The number of benzene rings is 2. The molecule has 2 aromatic rings. The van der Waals surface area contributed by atoms with Crippen LogP contribution >= 0.6 is 0 Å². The highest BCUT2D eigenvalue weighted by atomic mass is 16.1. The third-order valence-corrected chi connectivity index (χ3v) is 3.99. The van der Waals surface area contributed by atoms with Crippen molar-refractivity contribution < 1.29 is 4.79 Å². The minimum atomic E-state index is -0.167. The standard InChI is InChI=1S/C17H16O/c1-12-8-9-14-15(10-12)17(2,11-16(14)18)13-6-4-3-5-7-13/h3-10H,11H2,1-2H3. The lowest BCUT2D eigenvalue weighted by Gasteiger charge is -2.25. The summed E-state index contributed by atoms with van der Waals surface area (Å²) in [5.41, 5.74) is 4.35. The van der Waals surface area contributed by atoms with Crippen LogP contribution in [0.25, 0.3) is 0 Å². The molecule has 2 aromatic carbocycles. The van der Waals surface area contributed by atoms with Gasteiger partial charge in [0.1, 0.15) is 0 Å². The predicted octanol–water partition coefficient (Wildman–Crippen LogP) is 3.89. The zero-order valence-electron chi connectivity index (χ0n) is 10.7. The maximum Gasteiger partial charge on any atom is 0.164 e. The van der Waals surface area contributed by atoms with E-state index in [1.54, 1.807) is 0 Å². The molecule has 1 atom stereocenters. The number of ketones is 1. The third-order valence-electron chi connectivity index (χ3n) is 3.99. The van der Waals surface area contributed by atoms with Gasteiger partial charge in [0.2, 0.25) is 0 Å². The van der Waals surface area contributed by atoms with Crippen LogP contribution in [0.2, 0.25) is 0 Å². The first kappa shape index (κ1) is 11.2. The number of fused-ring (bicyclic) bond motifs is 1. The Balaban J connectivity index is 2.23. The molecule has 1 heteroatoms. The molecule has 90 valence electrons. The summed E-state index contributed by atoms with van der Waals surface area (Å²) >= 11 is 0. The second-order valence-corrected chi connectivity index (χ2v) is 5.35. The molecule has 0 saturated carbocycles. The maximum absolute atomic E-state index is 12.2. The Labute approximate surface area is 107 Å². The molecule has 0 heterocycles. The number of hydrogen-bond acceptors (Lipinski definition) is 1. The van der Waals surface area contributed by atoms with Gasteiger partial charge >= 0.3 is 0 Å². The average molecular weight is 236 g/mol. The summed E-state index contributed by atoms with van der Waals surface area (Å²) in [7, 11) is 0. The molecule has 0 radical (unpaired) electrons. The average Bonchev–Trinajstić information content (AvgIpc) is 2.63. The van der Waals surface area contributed by atoms with Crippen LogP contribution in [0.3, 0.4) is 0 Å². The minimum absolute atomic E-state index is 0.167. The predicted molar refractivity (Wildman–Crippen MR) is 73.0 cm³/mol. The first-order valence-electron chi connectivity index (χ1n) is 6.31. The molecule has 0 saturated heterocycles. The molecule has 0 spiro atoms. The van der Waals surface area contributed by atoms with E-state index in [1.165, 1.54) is 16.7 Å². The highest BCUT2D eigenvalue weighted by Gasteiger charge is 2.40. The number of hydrogen-bond donors (Lipinski definition) is 0. The van der Waals surface area contributed by atoms with Crippen molar-refractivity contribution in [2.45, 2.75) is 25.7 Å². The van der Waals surface area contributed by atoms with E-state index < -0.39 is 0 Å². The monoisotopic (exact) mass is 236 g/mol. The summed E-state index contributed by atoms with van der Waals surface area (Å²) in [6.07, 6.45) is 0.579. The topological polar surface area (TPSA) is 17.1 Å². The van der Waals surface area contributed by atoms with Crippen molar-refractivity contribution >= 4 is 5.78 Å². The fourth-order valence-electron chi connectivity index (χ4n) is 2.93. The minimum Gasteiger partial charge on any atom is -0.294 e. The molecule has 1 unspecified atom stereocenters. The van der Waals surface area contributed by atoms with Gasteiger partial charge in [-0.1, -0.05) is 61.0 Å². The Hall–Kier alpha value is -1.89. The SMILES string of the molecule is Cc1ccc2c(c1)C(C)(c1ccccc1)CC2=O. The molecule has 0 bridgehead atoms. The largest absolute Gasteiger partial charge is 0.294 e. The van der Waals surface area contributed by atoms with Crippen molar-refractivity contribution in [1.82, 2.24) is 0 Å². The van der Waals surface area contributed by atoms with E-state index in [4.69, 9.17) is 0 Å². The van der Waals surface area contributed by atoms with Gasteiger partial charge in [-0.2, -0.15) is 0 Å². The summed E-state index contributed by atoms with van der Waals surface area (Å²) in [5.74, 6) is 0.261. The van der Waals surface area contributed by atoms with Crippen LogP contribution in [0.5, 0.6) is 0 Å². The lowest BCUT2D eigenvalue weighted by Crippen LogP contribution is -2.20. The highest BCUT2D eigenvalue weighted by Crippen LogP contribution is 2.43. The van der Waals surface area contributed by atoms with Crippen LogP contribution in [0, 0.1) is 6.92 Å². The van der Waals surface area contributed by atoms with Crippen LogP contribution in [0.15, 0.2) is 48.5 Å². The van der Waals surface area contributed by atoms with Gasteiger partial charge in [0.15, 0.2) is 5.78 Å². The second kappa shape index (κ2) is 3.81. The molecule has 0 N–H and O–H groups in total. The molecule has 0 aromatic heterocycles.